The highest BCUT2D eigenvalue weighted by Gasteiger charge is 2.39. The number of hydrogen-bond acceptors (Lipinski definition) is 5. The Bertz CT molecular complexity index is 620. The second kappa shape index (κ2) is 10.8. The molecule has 3 rings (SSSR count). The van der Waals surface area contributed by atoms with E-state index in [2.05, 4.69) is 110 Å². The minimum absolute atomic E-state index is 0.156. The van der Waals surface area contributed by atoms with Crippen LogP contribution in [0.2, 0.25) is 0 Å². The number of rotatable bonds is 7. The number of hydrogen-bond donors (Lipinski definition) is 1. The lowest BCUT2D eigenvalue weighted by molar-refractivity contribution is -0.0146. The van der Waals surface area contributed by atoms with E-state index in [4.69, 9.17) is 0 Å². The van der Waals surface area contributed by atoms with Gasteiger partial charge in [0, 0.05) is 49.0 Å². The van der Waals surface area contributed by atoms with Gasteiger partial charge in [0.1, 0.15) is 0 Å². The van der Waals surface area contributed by atoms with Gasteiger partial charge in [-0.25, -0.2) is 5.32 Å². The molecule has 0 aromatic carbocycles. The molecular weight excluding hydrogens is 382 g/mol. The third-order valence-corrected chi connectivity index (χ3v) is 7.17. The third-order valence-electron chi connectivity index (χ3n) is 7.17. The Hall–Kier alpha value is -1.62. The van der Waals surface area contributed by atoms with E-state index < -0.39 is 0 Å². The molecule has 1 aliphatic carbocycles. The summed E-state index contributed by atoms with van der Waals surface area (Å²) < 4.78 is 0. The van der Waals surface area contributed by atoms with Gasteiger partial charge in [-0.05, 0) is 73.6 Å². The van der Waals surface area contributed by atoms with Crippen LogP contribution in [0.4, 0.5) is 0 Å². The average molecular weight is 430 g/mol. The largest absolute Gasteiger partial charge is 0.341 e. The monoisotopic (exact) mass is 429 g/mol. The zero-order valence-corrected chi connectivity index (χ0v) is 21.0. The summed E-state index contributed by atoms with van der Waals surface area (Å²) in [6.07, 6.45) is 22.4. The van der Waals surface area contributed by atoms with Crippen LogP contribution in [0.5, 0.6) is 0 Å². The van der Waals surface area contributed by atoms with Crippen molar-refractivity contribution in [3.8, 4) is 0 Å². The molecule has 0 aromatic rings. The topological polar surface area (TPSA) is 25.0 Å². The van der Waals surface area contributed by atoms with E-state index in [-0.39, 0.29) is 12.6 Å². The highest BCUT2D eigenvalue weighted by Crippen LogP contribution is 2.30. The van der Waals surface area contributed by atoms with Crippen molar-refractivity contribution in [3.05, 3.63) is 37.0 Å². The van der Waals surface area contributed by atoms with E-state index in [9.17, 15) is 0 Å². The van der Waals surface area contributed by atoms with Crippen molar-refractivity contribution in [3.63, 3.8) is 0 Å². The van der Waals surface area contributed by atoms with Gasteiger partial charge in [0.2, 0.25) is 0 Å². The predicted octanol–water partition coefficient (Wildman–Crippen LogP) is 5.46. The zero-order valence-electron chi connectivity index (χ0n) is 21.0. The first kappa shape index (κ1) is 24.0. The van der Waals surface area contributed by atoms with E-state index in [0.717, 1.165) is 0 Å². The molecule has 5 heteroatoms. The maximum Gasteiger partial charge on any atom is 0.160 e. The molecule has 0 saturated heterocycles. The summed E-state index contributed by atoms with van der Waals surface area (Å²) in [4.78, 5) is 9.94. The maximum atomic E-state index is 4.04. The molecule has 5 nitrogen and oxygen atoms in total. The molecule has 3 aliphatic rings. The molecule has 3 unspecified atom stereocenters. The normalized spacial score (nSPS) is 27.5. The van der Waals surface area contributed by atoms with Crippen LogP contribution in [0.15, 0.2) is 37.0 Å². The Morgan fingerprint density at radius 3 is 1.68 bits per heavy atom. The number of allylic oxidation sites excluding steroid dienone is 1. The fourth-order valence-electron chi connectivity index (χ4n) is 5.13. The van der Waals surface area contributed by atoms with Gasteiger partial charge in [0.15, 0.2) is 12.6 Å². The molecule has 3 atom stereocenters. The lowest BCUT2D eigenvalue weighted by Crippen LogP contribution is -2.64. The second-order valence-corrected chi connectivity index (χ2v) is 10.4. The van der Waals surface area contributed by atoms with Gasteiger partial charge in [-0.2, -0.15) is 0 Å². The highest BCUT2D eigenvalue weighted by molar-refractivity contribution is 5.06. The first-order valence-corrected chi connectivity index (χ1v) is 12.7. The first-order valence-electron chi connectivity index (χ1n) is 12.7. The molecule has 0 radical (unpaired) electrons. The van der Waals surface area contributed by atoms with E-state index in [1.807, 2.05) is 0 Å². The summed E-state index contributed by atoms with van der Waals surface area (Å²) >= 11 is 0. The summed E-state index contributed by atoms with van der Waals surface area (Å²) in [5.41, 5.74) is 0. The standard InChI is InChI=1S/C26H47N5/c1-20(2)28-16-17-29(21(3)4)25(28)27-26-30(22(5)6)18-19-31(26)23(7)24-14-12-10-8-9-11-13-15-24/h12,14,16-27H,8-11,13,15H2,1-7H3/b14-12+. The third kappa shape index (κ3) is 5.60. The SMILES string of the molecule is CC(C)N1C=CN(C(C)C)C1NC1N(C(C)C)C=CN1C(C)C1/C=C/CCCCCC1. The van der Waals surface area contributed by atoms with Crippen molar-refractivity contribution in [1.82, 2.24) is 24.9 Å². The molecular formula is C26H47N5. The summed E-state index contributed by atoms with van der Waals surface area (Å²) in [7, 11) is 0. The highest BCUT2D eigenvalue weighted by atomic mass is 15.6. The second-order valence-electron chi connectivity index (χ2n) is 10.4. The van der Waals surface area contributed by atoms with E-state index in [1.165, 1.54) is 38.5 Å². The summed E-state index contributed by atoms with van der Waals surface area (Å²) in [5.74, 6) is 0.600. The van der Waals surface area contributed by atoms with E-state index in [1.54, 1.807) is 0 Å². The van der Waals surface area contributed by atoms with Crippen LogP contribution in [-0.2, 0) is 0 Å². The summed E-state index contributed by atoms with van der Waals surface area (Å²) in [5, 5.41) is 4.04. The fraction of sp³-hybridized carbons (Fsp3) is 0.769. The maximum absolute atomic E-state index is 4.04. The Morgan fingerprint density at radius 1 is 0.645 bits per heavy atom. The summed E-state index contributed by atoms with van der Waals surface area (Å²) in [6, 6.07) is 1.79. The molecule has 31 heavy (non-hydrogen) atoms. The van der Waals surface area contributed by atoms with Crippen LogP contribution in [0.1, 0.15) is 87.0 Å². The van der Waals surface area contributed by atoms with Crippen molar-refractivity contribution < 1.29 is 0 Å². The van der Waals surface area contributed by atoms with Gasteiger partial charge in [-0.1, -0.05) is 31.4 Å². The Kier molecular flexibility index (Phi) is 8.37. The van der Waals surface area contributed by atoms with Crippen molar-refractivity contribution in [2.24, 2.45) is 5.92 Å². The van der Waals surface area contributed by atoms with Gasteiger partial charge in [0.05, 0.1) is 0 Å². The minimum Gasteiger partial charge on any atom is -0.341 e. The van der Waals surface area contributed by atoms with Crippen LogP contribution >= 0.6 is 0 Å². The smallest absolute Gasteiger partial charge is 0.160 e. The zero-order chi connectivity index (χ0) is 22.5. The molecule has 0 bridgehead atoms. The van der Waals surface area contributed by atoms with Crippen molar-refractivity contribution >= 4 is 0 Å². The Labute approximate surface area is 191 Å². The van der Waals surface area contributed by atoms with Crippen LogP contribution in [0.25, 0.3) is 0 Å². The van der Waals surface area contributed by atoms with Gasteiger partial charge in [-0.15, -0.1) is 0 Å². The number of nitrogens with zero attached hydrogens (tertiary/aromatic N) is 4. The quantitative estimate of drug-likeness (QED) is 0.542. The van der Waals surface area contributed by atoms with Crippen LogP contribution in [0.3, 0.4) is 0 Å². The van der Waals surface area contributed by atoms with Gasteiger partial charge < -0.3 is 19.6 Å². The van der Waals surface area contributed by atoms with Gasteiger partial charge >= 0.3 is 0 Å². The lowest BCUT2D eigenvalue weighted by Gasteiger charge is -2.46. The molecule has 176 valence electrons. The molecule has 1 N–H and O–H groups in total. The fourth-order valence-corrected chi connectivity index (χ4v) is 5.13. The van der Waals surface area contributed by atoms with Crippen molar-refractivity contribution in [1.29, 1.82) is 0 Å². The summed E-state index contributed by atoms with van der Waals surface area (Å²) in [6.45, 7) is 16.1. The first-order chi connectivity index (χ1) is 14.8. The number of nitrogens with one attached hydrogen (secondary N) is 1. The molecule has 0 fully saturated rings. The van der Waals surface area contributed by atoms with Crippen LogP contribution < -0.4 is 5.32 Å². The van der Waals surface area contributed by atoms with Crippen molar-refractivity contribution in [2.45, 2.75) is 124 Å². The minimum atomic E-state index is 0.156. The Morgan fingerprint density at radius 2 is 1.13 bits per heavy atom. The molecule has 0 aromatic heterocycles. The molecule has 0 spiro atoms. The van der Waals surface area contributed by atoms with Gasteiger partial charge in [-0.3, -0.25) is 0 Å². The average Bonchev–Trinajstić information content (AvgIpc) is 3.34. The molecule has 2 aliphatic heterocycles. The van der Waals surface area contributed by atoms with Gasteiger partial charge in [0.25, 0.3) is 0 Å². The van der Waals surface area contributed by atoms with Crippen LogP contribution in [0, 0.1) is 5.92 Å². The molecule has 2 heterocycles. The molecule has 0 amide bonds. The van der Waals surface area contributed by atoms with E-state index in [0.29, 0.717) is 30.1 Å². The molecule has 0 saturated carbocycles. The Balaban J connectivity index is 1.81. The van der Waals surface area contributed by atoms with Crippen molar-refractivity contribution in [2.75, 3.05) is 0 Å². The predicted molar refractivity (Wildman–Crippen MR) is 132 cm³/mol. The van der Waals surface area contributed by atoms with E-state index >= 15 is 0 Å². The lowest BCUT2D eigenvalue weighted by atomic mass is 9.93. The van der Waals surface area contributed by atoms with Crippen LogP contribution in [-0.4, -0.2) is 56.3 Å².